The van der Waals surface area contributed by atoms with E-state index in [4.69, 9.17) is 4.43 Å². The van der Waals surface area contributed by atoms with Crippen LogP contribution in [0.3, 0.4) is 0 Å². The molecule has 1 nitrogen and oxygen atoms in total. The summed E-state index contributed by atoms with van der Waals surface area (Å²) in [5.74, 6) is 4.11. The second kappa shape index (κ2) is 7.97. The Morgan fingerprint density at radius 2 is 1.49 bits per heavy atom. The average Bonchev–Trinajstić information content (AvgIpc) is 2.73. The van der Waals surface area contributed by atoms with Gasteiger partial charge in [-0.25, -0.2) is 0 Å². The highest BCUT2D eigenvalue weighted by Gasteiger charge is 2.68. The molecule has 0 amide bonds. The van der Waals surface area contributed by atoms with Crippen LogP contribution in [0.2, 0.25) is 19.6 Å². The van der Waals surface area contributed by atoms with Crippen LogP contribution in [0.5, 0.6) is 0 Å². The van der Waals surface area contributed by atoms with E-state index >= 15 is 0 Å². The van der Waals surface area contributed by atoms with Crippen LogP contribution in [0, 0.1) is 56.7 Å². The van der Waals surface area contributed by atoms with Gasteiger partial charge in [0.1, 0.15) is 0 Å². The monoisotopic (exact) mass is 498 g/mol. The van der Waals surface area contributed by atoms with Gasteiger partial charge in [0.25, 0.3) is 0 Å². The molecule has 2 heteroatoms. The molecule has 0 aromatic rings. The van der Waals surface area contributed by atoms with Crippen LogP contribution >= 0.6 is 0 Å². The minimum Gasteiger partial charge on any atom is -0.414 e. The second-order valence-corrected chi connectivity index (χ2v) is 21.3. The SMILES string of the molecule is CC1CCC2(C)CCC3(C)C(=CCC4C5(C)CCC(O[Si](C)(C)C)C(C)(C)C5CCC43C)C2C1C. The normalized spacial score (nSPS) is 53.5. The van der Waals surface area contributed by atoms with Crippen molar-refractivity contribution in [2.45, 2.75) is 139 Å². The topological polar surface area (TPSA) is 9.23 Å². The molecule has 0 aromatic heterocycles. The first-order chi connectivity index (χ1) is 16.0. The summed E-state index contributed by atoms with van der Waals surface area (Å²) >= 11 is 0. The molecule has 35 heavy (non-hydrogen) atoms. The third-order valence-corrected chi connectivity index (χ3v) is 14.8. The van der Waals surface area contributed by atoms with E-state index in [0.717, 1.165) is 29.6 Å². The Kier molecular flexibility index (Phi) is 6.04. The van der Waals surface area contributed by atoms with E-state index < -0.39 is 8.32 Å². The Balaban J connectivity index is 1.52. The van der Waals surface area contributed by atoms with Gasteiger partial charge in [-0.1, -0.05) is 67.0 Å². The highest BCUT2D eigenvalue weighted by atomic mass is 28.4. The summed E-state index contributed by atoms with van der Waals surface area (Å²) in [7, 11) is -1.54. The van der Waals surface area contributed by atoms with Gasteiger partial charge in [0.05, 0.1) is 6.10 Å². The van der Waals surface area contributed by atoms with Crippen LogP contribution in [0.25, 0.3) is 0 Å². The predicted molar refractivity (Wildman–Crippen MR) is 153 cm³/mol. The summed E-state index contributed by atoms with van der Waals surface area (Å²) in [6.45, 7) is 28.3. The van der Waals surface area contributed by atoms with Crippen LogP contribution < -0.4 is 0 Å². The van der Waals surface area contributed by atoms with Crippen LogP contribution in [-0.4, -0.2) is 14.4 Å². The van der Waals surface area contributed by atoms with Crippen LogP contribution in [0.1, 0.15) is 113 Å². The van der Waals surface area contributed by atoms with E-state index in [1.807, 2.05) is 5.57 Å². The van der Waals surface area contributed by atoms with Crippen LogP contribution in [-0.2, 0) is 4.43 Å². The average molecular weight is 499 g/mol. The Bertz CT molecular complexity index is 882. The molecule has 4 saturated carbocycles. The van der Waals surface area contributed by atoms with Crippen molar-refractivity contribution in [1.29, 1.82) is 0 Å². The molecule has 0 heterocycles. The molecule has 5 aliphatic carbocycles. The molecule has 0 saturated heterocycles. The standard InChI is InChI=1S/C33H58OSi/c1-22-14-17-30(5)20-21-32(7)24(28(30)23(22)2)12-13-26-31(6)18-16-27(34-35(9,10)11)29(3,4)25(31)15-19-33(26,32)8/h12,22-23,25-28H,13-21H2,1-11H3. The van der Waals surface area contributed by atoms with Gasteiger partial charge in [0.2, 0.25) is 0 Å². The molecule has 10 atom stereocenters. The molecule has 5 aliphatic rings. The zero-order chi connectivity index (χ0) is 25.8. The van der Waals surface area contributed by atoms with E-state index in [0.29, 0.717) is 27.8 Å². The smallest absolute Gasteiger partial charge is 0.184 e. The van der Waals surface area contributed by atoms with Crippen molar-refractivity contribution in [3.63, 3.8) is 0 Å². The first-order valence-electron chi connectivity index (χ1n) is 15.4. The molecule has 5 rings (SSSR count). The highest BCUT2D eigenvalue weighted by Crippen LogP contribution is 2.75. The summed E-state index contributed by atoms with van der Waals surface area (Å²) in [6.07, 6.45) is 15.8. The molecule has 0 aliphatic heterocycles. The highest BCUT2D eigenvalue weighted by molar-refractivity contribution is 6.69. The Morgan fingerprint density at radius 1 is 0.800 bits per heavy atom. The Hall–Kier alpha value is -0.0831. The number of hydrogen-bond donors (Lipinski definition) is 0. The zero-order valence-corrected chi connectivity index (χ0v) is 26.3. The molecule has 10 unspecified atom stereocenters. The van der Waals surface area contributed by atoms with Crippen LogP contribution in [0.4, 0.5) is 0 Å². The van der Waals surface area contributed by atoms with Crippen molar-refractivity contribution in [3.05, 3.63) is 11.6 Å². The lowest BCUT2D eigenvalue weighted by atomic mass is 9.33. The number of rotatable bonds is 2. The molecule has 0 N–H and O–H groups in total. The lowest BCUT2D eigenvalue weighted by Crippen LogP contribution is -2.65. The molecule has 4 fully saturated rings. The maximum absolute atomic E-state index is 6.87. The van der Waals surface area contributed by atoms with Gasteiger partial charge >= 0.3 is 0 Å². The molecule has 0 aromatic carbocycles. The molecule has 200 valence electrons. The Labute approximate surface area is 219 Å². The van der Waals surface area contributed by atoms with Crippen molar-refractivity contribution in [2.75, 3.05) is 0 Å². The summed E-state index contributed by atoms with van der Waals surface area (Å²) in [5.41, 5.74) is 3.99. The lowest BCUT2D eigenvalue weighted by Gasteiger charge is -2.71. The quantitative estimate of drug-likeness (QED) is 0.272. The maximum Gasteiger partial charge on any atom is 0.184 e. The van der Waals surface area contributed by atoms with Crippen molar-refractivity contribution >= 4 is 8.32 Å². The first-order valence-corrected chi connectivity index (χ1v) is 18.8. The van der Waals surface area contributed by atoms with Crippen molar-refractivity contribution in [1.82, 2.24) is 0 Å². The van der Waals surface area contributed by atoms with Crippen LogP contribution in [0.15, 0.2) is 11.6 Å². The first kappa shape index (κ1) is 26.5. The van der Waals surface area contributed by atoms with E-state index in [1.54, 1.807) is 0 Å². The summed E-state index contributed by atoms with van der Waals surface area (Å²) < 4.78 is 6.87. The summed E-state index contributed by atoms with van der Waals surface area (Å²) in [4.78, 5) is 0. The second-order valence-electron chi connectivity index (χ2n) is 16.9. The van der Waals surface area contributed by atoms with Crippen molar-refractivity contribution < 1.29 is 4.43 Å². The van der Waals surface area contributed by atoms with Crippen molar-refractivity contribution in [3.8, 4) is 0 Å². The molecular weight excluding hydrogens is 440 g/mol. The van der Waals surface area contributed by atoms with E-state index in [9.17, 15) is 0 Å². The minimum absolute atomic E-state index is 0.276. The van der Waals surface area contributed by atoms with E-state index in [2.05, 4.69) is 81.1 Å². The van der Waals surface area contributed by atoms with Gasteiger partial charge in [0.15, 0.2) is 8.32 Å². The number of hydrogen-bond acceptors (Lipinski definition) is 1. The zero-order valence-electron chi connectivity index (χ0n) is 25.3. The van der Waals surface area contributed by atoms with Gasteiger partial charge in [-0.05, 0) is 134 Å². The fourth-order valence-corrected chi connectivity index (χ4v) is 12.7. The number of allylic oxidation sites excluding steroid dienone is 2. The number of fused-ring (bicyclic) bond motifs is 7. The summed E-state index contributed by atoms with van der Waals surface area (Å²) in [5, 5.41) is 0. The molecule has 0 spiro atoms. The Morgan fingerprint density at radius 3 is 2.14 bits per heavy atom. The third kappa shape index (κ3) is 3.60. The molecular formula is C33H58OSi. The van der Waals surface area contributed by atoms with Gasteiger partial charge < -0.3 is 4.43 Å². The fraction of sp³-hybridized carbons (Fsp3) is 0.939. The summed E-state index contributed by atoms with van der Waals surface area (Å²) in [6, 6.07) is 0. The maximum atomic E-state index is 6.87. The van der Waals surface area contributed by atoms with E-state index in [-0.39, 0.29) is 5.41 Å². The third-order valence-electron chi connectivity index (χ3n) is 13.8. The lowest BCUT2D eigenvalue weighted by molar-refractivity contribution is -0.201. The largest absolute Gasteiger partial charge is 0.414 e. The fourth-order valence-electron chi connectivity index (χ4n) is 11.5. The minimum atomic E-state index is -1.54. The van der Waals surface area contributed by atoms with Crippen molar-refractivity contribution in [2.24, 2.45) is 56.7 Å². The predicted octanol–water partition coefficient (Wildman–Crippen LogP) is 9.88. The van der Waals surface area contributed by atoms with E-state index in [1.165, 1.54) is 57.8 Å². The molecule has 0 radical (unpaired) electrons. The molecule has 0 bridgehead atoms. The van der Waals surface area contributed by atoms with Gasteiger partial charge in [-0.3, -0.25) is 0 Å². The van der Waals surface area contributed by atoms with Gasteiger partial charge in [0, 0.05) is 0 Å². The van der Waals surface area contributed by atoms with Gasteiger partial charge in [-0.15, -0.1) is 0 Å². The van der Waals surface area contributed by atoms with Gasteiger partial charge in [-0.2, -0.15) is 0 Å².